The highest BCUT2D eigenvalue weighted by Crippen LogP contribution is 2.29. The molecule has 26 heavy (non-hydrogen) atoms. The van der Waals surface area contributed by atoms with E-state index in [2.05, 4.69) is 17.2 Å². The van der Waals surface area contributed by atoms with Crippen LogP contribution in [-0.2, 0) is 4.79 Å². The number of carbonyl (C=O) groups is 1. The number of methoxy groups -OCH3 is 2. The monoisotopic (exact) mass is 368 g/mol. The maximum atomic E-state index is 12.3. The summed E-state index contributed by atoms with van der Waals surface area (Å²) < 4.78 is 10.5. The molecule has 5 nitrogen and oxygen atoms in total. The van der Waals surface area contributed by atoms with E-state index >= 15 is 0 Å². The van der Waals surface area contributed by atoms with Gasteiger partial charge in [-0.3, -0.25) is 4.79 Å². The van der Waals surface area contributed by atoms with E-state index in [1.807, 2.05) is 30.3 Å². The Balaban J connectivity index is 1.70. The van der Waals surface area contributed by atoms with Crippen LogP contribution in [-0.4, -0.2) is 30.9 Å². The number of ether oxygens (including phenoxy) is 2. The molecule has 0 radical (unpaired) electrons. The first kappa shape index (κ1) is 18.1. The van der Waals surface area contributed by atoms with Crippen LogP contribution in [0.5, 0.6) is 11.5 Å². The molecular weight excluding hydrogens is 348 g/mol. The highest BCUT2D eigenvalue weighted by molar-refractivity contribution is 7.99. The van der Waals surface area contributed by atoms with E-state index < -0.39 is 0 Å². The van der Waals surface area contributed by atoms with E-state index in [0.717, 1.165) is 21.5 Å². The van der Waals surface area contributed by atoms with Gasteiger partial charge in [0, 0.05) is 11.5 Å². The van der Waals surface area contributed by atoms with Crippen LogP contribution in [0.4, 0.5) is 5.69 Å². The summed E-state index contributed by atoms with van der Waals surface area (Å²) >= 11 is 1.40. The molecule has 0 bridgehead atoms. The first-order chi connectivity index (χ1) is 12.6. The maximum Gasteiger partial charge on any atom is 0.234 e. The lowest BCUT2D eigenvalue weighted by Gasteiger charge is -2.12. The molecule has 1 heterocycles. The fourth-order valence-corrected chi connectivity index (χ4v) is 3.40. The molecule has 0 fully saturated rings. The summed E-state index contributed by atoms with van der Waals surface area (Å²) in [6, 6.07) is 15.3. The van der Waals surface area contributed by atoms with Gasteiger partial charge in [-0.25, -0.2) is 4.98 Å². The molecule has 2 aromatic carbocycles. The largest absolute Gasteiger partial charge is 0.497 e. The first-order valence-corrected chi connectivity index (χ1v) is 9.10. The van der Waals surface area contributed by atoms with Crippen LogP contribution in [0.2, 0.25) is 0 Å². The lowest BCUT2D eigenvalue weighted by atomic mass is 10.1. The Morgan fingerprint density at radius 1 is 1.12 bits per heavy atom. The molecule has 0 aliphatic heterocycles. The van der Waals surface area contributed by atoms with Gasteiger partial charge in [0.05, 0.1) is 36.2 Å². The van der Waals surface area contributed by atoms with Gasteiger partial charge in [0.2, 0.25) is 5.91 Å². The molecule has 0 spiro atoms. The molecule has 1 aromatic heterocycles. The number of pyridine rings is 1. The zero-order chi connectivity index (χ0) is 18.5. The molecule has 0 saturated heterocycles. The minimum atomic E-state index is -0.130. The van der Waals surface area contributed by atoms with Crippen LogP contribution in [0.15, 0.2) is 53.6 Å². The Labute approximate surface area is 156 Å². The van der Waals surface area contributed by atoms with Crippen molar-refractivity contribution in [2.75, 3.05) is 25.3 Å². The van der Waals surface area contributed by atoms with Crippen molar-refractivity contribution in [1.29, 1.82) is 0 Å². The van der Waals surface area contributed by atoms with Crippen LogP contribution in [0.3, 0.4) is 0 Å². The number of fused-ring (bicyclic) bond motifs is 1. The van der Waals surface area contributed by atoms with Gasteiger partial charge in [0.25, 0.3) is 0 Å². The number of rotatable bonds is 6. The van der Waals surface area contributed by atoms with Gasteiger partial charge in [0.15, 0.2) is 0 Å². The quantitative estimate of drug-likeness (QED) is 0.658. The third-order valence-corrected chi connectivity index (χ3v) is 4.84. The Bertz CT molecular complexity index is 943. The summed E-state index contributed by atoms with van der Waals surface area (Å²) in [5, 5.41) is 4.82. The molecule has 3 rings (SSSR count). The SMILES string of the molecule is COc1ccc(OC)c(NC(=O)CSc2cc(C)c3ccccc3n2)c1. The molecule has 0 unspecified atom stereocenters. The summed E-state index contributed by atoms with van der Waals surface area (Å²) in [4.78, 5) is 17.0. The third-order valence-electron chi connectivity index (χ3n) is 3.93. The minimum absolute atomic E-state index is 0.130. The highest BCUT2D eigenvalue weighted by Gasteiger charge is 2.11. The van der Waals surface area contributed by atoms with Gasteiger partial charge in [-0.15, -0.1) is 0 Å². The second-order valence-corrected chi connectivity index (χ2v) is 6.69. The second kappa shape index (κ2) is 8.10. The zero-order valence-corrected chi connectivity index (χ0v) is 15.7. The molecule has 0 aliphatic rings. The maximum absolute atomic E-state index is 12.3. The van der Waals surface area contributed by atoms with Gasteiger partial charge in [0.1, 0.15) is 11.5 Å². The van der Waals surface area contributed by atoms with Crippen molar-refractivity contribution in [3.8, 4) is 11.5 Å². The Morgan fingerprint density at radius 3 is 2.69 bits per heavy atom. The summed E-state index contributed by atoms with van der Waals surface area (Å²) in [5.41, 5.74) is 2.66. The summed E-state index contributed by atoms with van der Waals surface area (Å²) in [7, 11) is 3.14. The molecule has 0 saturated carbocycles. The van der Waals surface area contributed by atoms with E-state index in [4.69, 9.17) is 9.47 Å². The van der Waals surface area contributed by atoms with Crippen molar-refractivity contribution in [1.82, 2.24) is 4.98 Å². The average Bonchev–Trinajstić information content (AvgIpc) is 2.66. The lowest BCUT2D eigenvalue weighted by molar-refractivity contribution is -0.113. The van der Waals surface area contributed by atoms with Crippen molar-refractivity contribution >= 4 is 34.3 Å². The van der Waals surface area contributed by atoms with E-state index in [1.165, 1.54) is 11.8 Å². The number of thioether (sulfide) groups is 1. The number of aromatic nitrogens is 1. The number of hydrogen-bond acceptors (Lipinski definition) is 5. The minimum Gasteiger partial charge on any atom is -0.497 e. The standard InChI is InChI=1S/C20H20N2O3S/c1-13-10-20(22-16-7-5-4-6-15(13)16)26-12-19(23)21-17-11-14(24-2)8-9-18(17)25-3/h4-11H,12H2,1-3H3,(H,21,23). The highest BCUT2D eigenvalue weighted by atomic mass is 32.2. The van der Waals surface area contributed by atoms with Crippen molar-refractivity contribution in [3.63, 3.8) is 0 Å². The topological polar surface area (TPSA) is 60.5 Å². The van der Waals surface area contributed by atoms with Gasteiger partial charge < -0.3 is 14.8 Å². The molecule has 1 N–H and O–H groups in total. The van der Waals surface area contributed by atoms with Crippen molar-refractivity contribution < 1.29 is 14.3 Å². The number of para-hydroxylation sites is 1. The van der Waals surface area contributed by atoms with Gasteiger partial charge >= 0.3 is 0 Å². The predicted octanol–water partition coefficient (Wildman–Crippen LogP) is 4.29. The number of aryl methyl sites for hydroxylation is 1. The lowest BCUT2D eigenvalue weighted by Crippen LogP contribution is -2.15. The Hall–Kier alpha value is -2.73. The normalized spacial score (nSPS) is 10.6. The first-order valence-electron chi connectivity index (χ1n) is 8.12. The van der Waals surface area contributed by atoms with E-state index in [1.54, 1.807) is 32.4 Å². The average molecular weight is 368 g/mol. The van der Waals surface area contributed by atoms with Gasteiger partial charge in [-0.2, -0.15) is 0 Å². The fraction of sp³-hybridized carbons (Fsp3) is 0.200. The van der Waals surface area contributed by atoms with Gasteiger partial charge in [-0.1, -0.05) is 30.0 Å². The van der Waals surface area contributed by atoms with Crippen LogP contribution >= 0.6 is 11.8 Å². The number of hydrogen-bond donors (Lipinski definition) is 1. The molecule has 1 amide bonds. The molecule has 134 valence electrons. The van der Waals surface area contributed by atoms with E-state index in [9.17, 15) is 4.79 Å². The van der Waals surface area contributed by atoms with Crippen LogP contribution in [0, 0.1) is 6.92 Å². The predicted molar refractivity (Wildman–Crippen MR) is 105 cm³/mol. The van der Waals surface area contributed by atoms with Crippen molar-refractivity contribution in [2.45, 2.75) is 11.9 Å². The molecule has 0 atom stereocenters. The van der Waals surface area contributed by atoms with Crippen LogP contribution in [0.1, 0.15) is 5.56 Å². The summed E-state index contributed by atoms with van der Waals surface area (Å²) in [5.74, 6) is 1.36. The van der Waals surface area contributed by atoms with Crippen molar-refractivity contribution in [2.24, 2.45) is 0 Å². The van der Waals surface area contributed by atoms with Gasteiger partial charge in [-0.05, 0) is 36.8 Å². The van der Waals surface area contributed by atoms with Crippen molar-refractivity contribution in [3.05, 3.63) is 54.1 Å². The molecule has 0 aliphatic carbocycles. The number of nitrogens with one attached hydrogen (secondary N) is 1. The Kier molecular flexibility index (Phi) is 5.63. The summed E-state index contributed by atoms with van der Waals surface area (Å²) in [6.07, 6.45) is 0. The van der Waals surface area contributed by atoms with E-state index in [0.29, 0.717) is 17.2 Å². The zero-order valence-electron chi connectivity index (χ0n) is 14.9. The van der Waals surface area contributed by atoms with E-state index in [-0.39, 0.29) is 11.7 Å². The van der Waals surface area contributed by atoms with Crippen LogP contribution in [0.25, 0.3) is 10.9 Å². The molecular formula is C20H20N2O3S. The van der Waals surface area contributed by atoms with Crippen LogP contribution < -0.4 is 14.8 Å². The second-order valence-electron chi connectivity index (χ2n) is 5.70. The Morgan fingerprint density at radius 2 is 1.92 bits per heavy atom. The number of amides is 1. The fourth-order valence-electron chi connectivity index (χ4n) is 2.63. The number of carbonyl (C=O) groups excluding carboxylic acids is 1. The third kappa shape index (κ3) is 4.08. The number of anilines is 1. The smallest absolute Gasteiger partial charge is 0.234 e. The number of benzene rings is 2. The number of nitrogens with zero attached hydrogens (tertiary/aromatic N) is 1. The summed E-state index contributed by atoms with van der Waals surface area (Å²) in [6.45, 7) is 2.05. The molecule has 3 aromatic rings. The molecule has 6 heteroatoms.